The first-order valence-corrected chi connectivity index (χ1v) is 5.95. The van der Waals surface area contributed by atoms with E-state index in [0.717, 1.165) is 17.7 Å². The van der Waals surface area contributed by atoms with Gasteiger partial charge in [-0.1, -0.05) is 38.1 Å². The highest BCUT2D eigenvalue weighted by Gasteiger charge is 2.04. The van der Waals surface area contributed by atoms with Crippen molar-refractivity contribution in [2.75, 3.05) is 5.73 Å². The molecule has 0 radical (unpaired) electrons. The normalized spacial score (nSPS) is 10.8. The SMILES string of the molecule is CC(C)Cc1cccc(-c2ccncc2N)c1. The van der Waals surface area contributed by atoms with Gasteiger partial charge in [-0.25, -0.2) is 0 Å². The minimum absolute atomic E-state index is 0.667. The summed E-state index contributed by atoms with van der Waals surface area (Å²) in [5, 5.41) is 0. The lowest BCUT2D eigenvalue weighted by Crippen LogP contribution is -1.95. The predicted molar refractivity (Wildman–Crippen MR) is 72.6 cm³/mol. The van der Waals surface area contributed by atoms with Crippen molar-refractivity contribution in [3.05, 3.63) is 48.3 Å². The highest BCUT2D eigenvalue weighted by molar-refractivity contribution is 5.75. The Bertz CT molecular complexity index is 504. The fourth-order valence-corrected chi connectivity index (χ4v) is 2.01. The Morgan fingerprint density at radius 1 is 1.24 bits per heavy atom. The molecular formula is C15H18N2. The molecule has 0 saturated heterocycles. The molecule has 1 aromatic carbocycles. The second-order valence-corrected chi connectivity index (χ2v) is 4.76. The summed E-state index contributed by atoms with van der Waals surface area (Å²) in [4.78, 5) is 4.02. The molecule has 2 nitrogen and oxygen atoms in total. The summed E-state index contributed by atoms with van der Waals surface area (Å²) in [6.07, 6.45) is 4.57. The van der Waals surface area contributed by atoms with E-state index in [1.54, 1.807) is 12.4 Å². The van der Waals surface area contributed by atoms with Gasteiger partial charge in [0.05, 0.1) is 11.9 Å². The Morgan fingerprint density at radius 3 is 2.76 bits per heavy atom. The molecule has 2 aromatic rings. The van der Waals surface area contributed by atoms with Gasteiger partial charge in [0, 0.05) is 11.8 Å². The number of nitrogen functional groups attached to an aromatic ring is 1. The molecule has 0 amide bonds. The zero-order valence-electron chi connectivity index (χ0n) is 10.4. The Hall–Kier alpha value is -1.83. The van der Waals surface area contributed by atoms with Crippen molar-refractivity contribution in [1.82, 2.24) is 4.98 Å². The summed E-state index contributed by atoms with van der Waals surface area (Å²) in [6, 6.07) is 10.5. The smallest absolute Gasteiger partial charge is 0.0580 e. The molecule has 1 aromatic heterocycles. The topological polar surface area (TPSA) is 38.9 Å². The van der Waals surface area contributed by atoms with E-state index >= 15 is 0 Å². The van der Waals surface area contributed by atoms with Gasteiger partial charge >= 0.3 is 0 Å². The van der Waals surface area contributed by atoms with Crippen LogP contribution in [0.15, 0.2) is 42.7 Å². The maximum Gasteiger partial charge on any atom is 0.0580 e. The first kappa shape index (κ1) is 11.6. The Kier molecular flexibility index (Phi) is 3.43. The van der Waals surface area contributed by atoms with E-state index in [1.165, 1.54) is 11.1 Å². The number of nitrogens with two attached hydrogens (primary N) is 1. The summed E-state index contributed by atoms with van der Waals surface area (Å²) >= 11 is 0. The molecule has 0 fully saturated rings. The van der Waals surface area contributed by atoms with Gasteiger partial charge in [0.15, 0.2) is 0 Å². The molecule has 0 aliphatic rings. The third-order valence-corrected chi connectivity index (χ3v) is 2.73. The summed E-state index contributed by atoms with van der Waals surface area (Å²) in [5.41, 5.74) is 10.3. The van der Waals surface area contributed by atoms with Crippen LogP contribution in [0.4, 0.5) is 5.69 Å². The molecule has 2 rings (SSSR count). The number of aromatic nitrogens is 1. The van der Waals surface area contributed by atoms with Gasteiger partial charge in [-0.15, -0.1) is 0 Å². The van der Waals surface area contributed by atoms with E-state index in [2.05, 4.69) is 43.1 Å². The molecule has 0 saturated carbocycles. The lowest BCUT2D eigenvalue weighted by Gasteiger charge is -2.09. The van der Waals surface area contributed by atoms with E-state index in [-0.39, 0.29) is 0 Å². The maximum atomic E-state index is 5.94. The molecule has 2 heteroatoms. The minimum atomic E-state index is 0.667. The molecule has 0 aliphatic heterocycles. The number of pyridine rings is 1. The van der Waals surface area contributed by atoms with Gasteiger partial charge in [0.25, 0.3) is 0 Å². The second kappa shape index (κ2) is 5.00. The fourth-order valence-electron chi connectivity index (χ4n) is 2.01. The number of anilines is 1. The number of nitrogens with zero attached hydrogens (tertiary/aromatic N) is 1. The zero-order chi connectivity index (χ0) is 12.3. The van der Waals surface area contributed by atoms with Crippen LogP contribution >= 0.6 is 0 Å². The van der Waals surface area contributed by atoms with Crippen molar-refractivity contribution < 1.29 is 0 Å². The summed E-state index contributed by atoms with van der Waals surface area (Å²) < 4.78 is 0. The van der Waals surface area contributed by atoms with E-state index in [4.69, 9.17) is 5.73 Å². The van der Waals surface area contributed by atoms with E-state index in [1.807, 2.05) is 6.07 Å². The largest absolute Gasteiger partial charge is 0.397 e. The van der Waals surface area contributed by atoms with E-state index in [0.29, 0.717) is 5.92 Å². The van der Waals surface area contributed by atoms with Crippen LogP contribution in [0.3, 0.4) is 0 Å². The minimum Gasteiger partial charge on any atom is -0.397 e. The molecule has 88 valence electrons. The first-order chi connectivity index (χ1) is 8.16. The standard InChI is InChI=1S/C15H18N2/c1-11(2)8-12-4-3-5-13(9-12)14-6-7-17-10-15(14)16/h3-7,9-11H,8,16H2,1-2H3. The van der Waals surface area contributed by atoms with Crippen LogP contribution in [-0.2, 0) is 6.42 Å². The highest BCUT2D eigenvalue weighted by Crippen LogP contribution is 2.25. The van der Waals surface area contributed by atoms with Crippen molar-refractivity contribution in [3.63, 3.8) is 0 Å². The lowest BCUT2D eigenvalue weighted by molar-refractivity contribution is 0.647. The van der Waals surface area contributed by atoms with Gasteiger partial charge in [-0.2, -0.15) is 0 Å². The number of hydrogen-bond donors (Lipinski definition) is 1. The van der Waals surface area contributed by atoms with Crippen LogP contribution < -0.4 is 5.73 Å². The van der Waals surface area contributed by atoms with Crippen LogP contribution in [0.2, 0.25) is 0 Å². The molecule has 0 unspecified atom stereocenters. The van der Waals surface area contributed by atoms with Crippen LogP contribution in [0, 0.1) is 5.92 Å². The maximum absolute atomic E-state index is 5.94. The Labute approximate surface area is 103 Å². The van der Waals surface area contributed by atoms with E-state index in [9.17, 15) is 0 Å². The second-order valence-electron chi connectivity index (χ2n) is 4.76. The predicted octanol–water partition coefficient (Wildman–Crippen LogP) is 3.53. The highest BCUT2D eigenvalue weighted by atomic mass is 14.7. The van der Waals surface area contributed by atoms with Crippen LogP contribution in [-0.4, -0.2) is 4.98 Å². The summed E-state index contributed by atoms with van der Waals surface area (Å²) in [6.45, 7) is 4.46. The van der Waals surface area contributed by atoms with Crippen molar-refractivity contribution in [2.24, 2.45) is 5.92 Å². The molecule has 2 N–H and O–H groups in total. The molecule has 0 bridgehead atoms. The zero-order valence-corrected chi connectivity index (χ0v) is 10.4. The third-order valence-electron chi connectivity index (χ3n) is 2.73. The Balaban J connectivity index is 2.37. The van der Waals surface area contributed by atoms with Gasteiger partial charge in [0.2, 0.25) is 0 Å². The lowest BCUT2D eigenvalue weighted by atomic mass is 9.98. The first-order valence-electron chi connectivity index (χ1n) is 5.95. The van der Waals surface area contributed by atoms with E-state index < -0.39 is 0 Å². The number of benzene rings is 1. The molecule has 0 aliphatic carbocycles. The van der Waals surface area contributed by atoms with Crippen LogP contribution in [0.25, 0.3) is 11.1 Å². The van der Waals surface area contributed by atoms with Gasteiger partial charge < -0.3 is 5.73 Å². The van der Waals surface area contributed by atoms with Gasteiger partial charge in [-0.05, 0) is 29.5 Å². The average molecular weight is 226 g/mol. The molecule has 0 spiro atoms. The van der Waals surface area contributed by atoms with Gasteiger partial charge in [0.1, 0.15) is 0 Å². The summed E-state index contributed by atoms with van der Waals surface area (Å²) in [5.74, 6) is 0.667. The molecule has 0 atom stereocenters. The Morgan fingerprint density at radius 2 is 2.06 bits per heavy atom. The molecule has 17 heavy (non-hydrogen) atoms. The average Bonchev–Trinajstić information content (AvgIpc) is 2.29. The third kappa shape index (κ3) is 2.84. The van der Waals surface area contributed by atoms with Crippen molar-refractivity contribution in [2.45, 2.75) is 20.3 Å². The molecule has 1 heterocycles. The quantitative estimate of drug-likeness (QED) is 0.869. The molecular weight excluding hydrogens is 208 g/mol. The van der Waals surface area contributed by atoms with Crippen LogP contribution in [0.1, 0.15) is 19.4 Å². The van der Waals surface area contributed by atoms with Gasteiger partial charge in [-0.3, -0.25) is 4.98 Å². The monoisotopic (exact) mass is 226 g/mol. The van der Waals surface area contributed by atoms with Crippen LogP contribution in [0.5, 0.6) is 0 Å². The number of rotatable bonds is 3. The van der Waals surface area contributed by atoms with Crippen molar-refractivity contribution in [3.8, 4) is 11.1 Å². The summed E-state index contributed by atoms with van der Waals surface area (Å²) in [7, 11) is 0. The van der Waals surface area contributed by atoms with Crippen molar-refractivity contribution >= 4 is 5.69 Å². The van der Waals surface area contributed by atoms with Crippen molar-refractivity contribution in [1.29, 1.82) is 0 Å². The number of hydrogen-bond acceptors (Lipinski definition) is 2. The fraction of sp³-hybridized carbons (Fsp3) is 0.267.